The van der Waals surface area contributed by atoms with Crippen LogP contribution in [0.3, 0.4) is 0 Å². The van der Waals surface area contributed by atoms with Crippen molar-refractivity contribution in [3.05, 3.63) is 17.5 Å². The number of carbonyl (C=O) groups excluding carboxylic acids is 1. The minimum atomic E-state index is -0.589. The minimum absolute atomic E-state index is 0.00152. The fourth-order valence-electron chi connectivity index (χ4n) is 1.75. The van der Waals surface area contributed by atoms with Crippen LogP contribution in [0.4, 0.5) is 5.88 Å². The van der Waals surface area contributed by atoms with Gasteiger partial charge in [0, 0.05) is 6.54 Å². The van der Waals surface area contributed by atoms with Crippen LogP contribution in [0.2, 0.25) is 0 Å². The largest absolute Gasteiger partial charge is 0.461 e. The van der Waals surface area contributed by atoms with Crippen molar-refractivity contribution in [2.45, 2.75) is 27.3 Å². The Balaban J connectivity index is 2.41. The average molecular weight is 264 g/mol. The van der Waals surface area contributed by atoms with Crippen LogP contribution in [-0.2, 0) is 11.3 Å². The molecule has 0 aliphatic heterocycles. The lowest BCUT2D eigenvalue weighted by Crippen LogP contribution is -2.07. The fourth-order valence-corrected chi connectivity index (χ4v) is 1.75. The summed E-state index contributed by atoms with van der Waals surface area (Å²) >= 11 is 0. The molecule has 0 unspecified atom stereocenters. The molecule has 0 saturated heterocycles. The number of rotatable bonds is 4. The molecule has 0 saturated carbocycles. The van der Waals surface area contributed by atoms with Crippen LogP contribution in [0.15, 0.2) is 10.5 Å². The molecular weight excluding hydrogens is 248 g/mol. The van der Waals surface area contributed by atoms with Gasteiger partial charge in [-0.25, -0.2) is 4.79 Å². The zero-order valence-electron chi connectivity index (χ0n) is 11.1. The number of aromatic nitrogens is 3. The third-order valence-electron chi connectivity index (χ3n) is 2.54. The molecule has 102 valence electrons. The number of aryl methyl sites for hydroxylation is 2. The van der Waals surface area contributed by atoms with Gasteiger partial charge in [-0.3, -0.25) is 4.68 Å². The predicted molar refractivity (Wildman–Crippen MR) is 68.5 cm³/mol. The number of oxazole rings is 1. The molecule has 7 nitrogen and oxygen atoms in total. The number of carbonyl (C=O) groups is 1. The van der Waals surface area contributed by atoms with Crippen molar-refractivity contribution in [3.8, 4) is 11.6 Å². The first-order valence-electron chi connectivity index (χ1n) is 6.05. The molecule has 2 aromatic heterocycles. The third kappa shape index (κ3) is 2.44. The van der Waals surface area contributed by atoms with Gasteiger partial charge in [0.25, 0.3) is 0 Å². The van der Waals surface area contributed by atoms with Crippen molar-refractivity contribution in [1.82, 2.24) is 14.8 Å². The number of ether oxygens (including phenoxy) is 1. The predicted octanol–water partition coefficient (Wildman–Crippen LogP) is 1.63. The molecule has 0 spiro atoms. The van der Waals surface area contributed by atoms with Gasteiger partial charge in [0.2, 0.25) is 17.5 Å². The molecule has 2 N–H and O–H groups in total. The van der Waals surface area contributed by atoms with Gasteiger partial charge >= 0.3 is 5.97 Å². The van der Waals surface area contributed by atoms with E-state index in [0.717, 1.165) is 5.69 Å². The highest BCUT2D eigenvalue weighted by molar-refractivity contribution is 5.92. The summed E-state index contributed by atoms with van der Waals surface area (Å²) in [7, 11) is 0. The topological polar surface area (TPSA) is 96.2 Å². The van der Waals surface area contributed by atoms with E-state index in [2.05, 4.69) is 10.1 Å². The van der Waals surface area contributed by atoms with E-state index < -0.39 is 5.97 Å². The molecule has 2 rings (SSSR count). The van der Waals surface area contributed by atoms with Gasteiger partial charge in [-0.1, -0.05) is 0 Å². The molecule has 0 radical (unpaired) electrons. The SMILES string of the molecule is CCOC(=O)c1nc(-c2cc(C)nn2CC)oc1N. The van der Waals surface area contributed by atoms with Gasteiger partial charge in [0.05, 0.1) is 12.3 Å². The van der Waals surface area contributed by atoms with Gasteiger partial charge in [0.1, 0.15) is 5.69 Å². The van der Waals surface area contributed by atoms with Crippen molar-refractivity contribution < 1.29 is 13.9 Å². The third-order valence-corrected chi connectivity index (χ3v) is 2.54. The number of esters is 1. The van der Waals surface area contributed by atoms with Crippen LogP contribution in [0.5, 0.6) is 0 Å². The van der Waals surface area contributed by atoms with Crippen LogP contribution in [0.1, 0.15) is 30.0 Å². The van der Waals surface area contributed by atoms with Crippen molar-refractivity contribution in [2.24, 2.45) is 0 Å². The summed E-state index contributed by atoms with van der Waals surface area (Å²) < 4.78 is 11.9. The Bertz CT molecular complexity index is 600. The van der Waals surface area contributed by atoms with Crippen LogP contribution >= 0.6 is 0 Å². The quantitative estimate of drug-likeness (QED) is 0.843. The summed E-state index contributed by atoms with van der Waals surface area (Å²) in [6.45, 7) is 6.46. The molecule has 0 atom stereocenters. The van der Waals surface area contributed by atoms with E-state index in [9.17, 15) is 4.79 Å². The van der Waals surface area contributed by atoms with Gasteiger partial charge < -0.3 is 14.9 Å². The normalized spacial score (nSPS) is 10.7. The number of anilines is 1. The van der Waals surface area contributed by atoms with Gasteiger partial charge in [0.15, 0.2) is 0 Å². The van der Waals surface area contributed by atoms with Gasteiger partial charge in [-0.05, 0) is 26.8 Å². The standard InChI is InChI=1S/C12H16N4O3/c1-4-16-8(6-7(3)15-16)11-14-9(10(13)19-11)12(17)18-5-2/h6H,4-5,13H2,1-3H3. The Morgan fingerprint density at radius 1 is 1.53 bits per heavy atom. The van der Waals surface area contributed by atoms with E-state index in [4.69, 9.17) is 14.9 Å². The van der Waals surface area contributed by atoms with Crippen LogP contribution in [0, 0.1) is 6.92 Å². The van der Waals surface area contributed by atoms with Gasteiger partial charge in [-0.15, -0.1) is 0 Å². The second-order valence-electron chi connectivity index (χ2n) is 3.94. The van der Waals surface area contributed by atoms with E-state index in [1.807, 2.05) is 19.9 Å². The molecule has 0 amide bonds. The van der Waals surface area contributed by atoms with Crippen molar-refractivity contribution >= 4 is 11.9 Å². The molecular formula is C12H16N4O3. The van der Waals surface area contributed by atoms with Crippen LogP contribution in [0.25, 0.3) is 11.6 Å². The summed E-state index contributed by atoms with van der Waals surface area (Å²) in [5.74, 6) is -0.368. The Morgan fingerprint density at radius 3 is 2.89 bits per heavy atom. The average Bonchev–Trinajstić information content (AvgIpc) is 2.92. The zero-order chi connectivity index (χ0) is 14.0. The Hall–Kier alpha value is -2.31. The first-order chi connectivity index (χ1) is 9.06. The number of hydrogen-bond acceptors (Lipinski definition) is 6. The Morgan fingerprint density at radius 2 is 2.26 bits per heavy atom. The number of nitrogens with two attached hydrogens (primary N) is 1. The van der Waals surface area contributed by atoms with E-state index in [-0.39, 0.29) is 24.1 Å². The molecule has 2 heterocycles. The molecule has 0 aromatic carbocycles. The maximum atomic E-state index is 11.6. The number of nitrogen functional groups attached to an aromatic ring is 1. The second kappa shape index (κ2) is 5.13. The lowest BCUT2D eigenvalue weighted by Gasteiger charge is -1.99. The van der Waals surface area contributed by atoms with E-state index in [0.29, 0.717) is 12.2 Å². The fraction of sp³-hybridized carbons (Fsp3) is 0.417. The van der Waals surface area contributed by atoms with Crippen LogP contribution in [-0.4, -0.2) is 27.3 Å². The van der Waals surface area contributed by atoms with E-state index >= 15 is 0 Å². The smallest absolute Gasteiger partial charge is 0.362 e. The van der Waals surface area contributed by atoms with E-state index in [1.54, 1.807) is 11.6 Å². The van der Waals surface area contributed by atoms with Crippen molar-refractivity contribution in [2.75, 3.05) is 12.3 Å². The summed E-state index contributed by atoms with van der Waals surface area (Å²) in [5.41, 5.74) is 7.17. The molecule has 0 fully saturated rings. The highest BCUT2D eigenvalue weighted by Gasteiger charge is 2.22. The molecule has 19 heavy (non-hydrogen) atoms. The highest BCUT2D eigenvalue weighted by Crippen LogP contribution is 2.24. The number of nitrogens with zero attached hydrogens (tertiary/aromatic N) is 3. The molecule has 0 aliphatic rings. The monoisotopic (exact) mass is 264 g/mol. The van der Waals surface area contributed by atoms with Crippen LogP contribution < -0.4 is 5.73 Å². The first-order valence-corrected chi connectivity index (χ1v) is 6.05. The van der Waals surface area contributed by atoms with Gasteiger partial charge in [-0.2, -0.15) is 10.1 Å². The molecule has 0 aliphatic carbocycles. The Labute approximate surface area is 110 Å². The van der Waals surface area contributed by atoms with Crippen molar-refractivity contribution in [1.29, 1.82) is 0 Å². The summed E-state index contributed by atoms with van der Waals surface area (Å²) in [4.78, 5) is 15.7. The lowest BCUT2D eigenvalue weighted by atomic mass is 10.3. The molecule has 0 bridgehead atoms. The number of hydrogen-bond donors (Lipinski definition) is 1. The second-order valence-corrected chi connectivity index (χ2v) is 3.94. The van der Waals surface area contributed by atoms with Crippen molar-refractivity contribution in [3.63, 3.8) is 0 Å². The lowest BCUT2D eigenvalue weighted by molar-refractivity contribution is 0.0521. The molecule has 7 heteroatoms. The maximum Gasteiger partial charge on any atom is 0.362 e. The minimum Gasteiger partial charge on any atom is -0.461 e. The zero-order valence-corrected chi connectivity index (χ0v) is 11.1. The highest BCUT2D eigenvalue weighted by atomic mass is 16.5. The first kappa shape index (κ1) is 13.1. The Kier molecular flexibility index (Phi) is 3.55. The molecule has 2 aromatic rings. The van der Waals surface area contributed by atoms with E-state index in [1.165, 1.54) is 0 Å². The summed E-state index contributed by atoms with van der Waals surface area (Å²) in [6, 6.07) is 1.82. The maximum absolute atomic E-state index is 11.6. The summed E-state index contributed by atoms with van der Waals surface area (Å²) in [5, 5.41) is 4.29. The summed E-state index contributed by atoms with van der Waals surface area (Å²) in [6.07, 6.45) is 0.